The molecule has 6 heteroatoms. The summed E-state index contributed by atoms with van der Waals surface area (Å²) in [6.45, 7) is 0.0855. The summed E-state index contributed by atoms with van der Waals surface area (Å²) in [5.41, 5.74) is 5.94. The number of anilines is 1. The summed E-state index contributed by atoms with van der Waals surface area (Å²) in [7, 11) is 0. The van der Waals surface area contributed by atoms with Crippen molar-refractivity contribution in [2.45, 2.75) is 0 Å². The van der Waals surface area contributed by atoms with E-state index >= 15 is 0 Å². The van der Waals surface area contributed by atoms with Gasteiger partial charge in [-0.25, -0.2) is 0 Å². The molecule has 0 amide bonds. The molecule has 78 valence electrons. The van der Waals surface area contributed by atoms with Gasteiger partial charge in [-0.05, 0) is 0 Å². The molecule has 0 radical (unpaired) electrons. The first-order valence-electron chi connectivity index (χ1n) is 3.96. The van der Waals surface area contributed by atoms with Crippen LogP contribution in [-0.2, 0) is 0 Å². The maximum absolute atomic E-state index is 8.98. The second-order valence-corrected chi connectivity index (χ2v) is 4.88. The molecule has 0 fully saturated rings. The van der Waals surface area contributed by atoms with Crippen LogP contribution in [0, 0.1) is 0 Å². The maximum atomic E-state index is 8.98. The number of nitrogens with two attached hydrogens (primary N) is 1. The van der Waals surface area contributed by atoms with Crippen LogP contribution in [0.2, 0.25) is 0 Å². The summed E-state index contributed by atoms with van der Waals surface area (Å²) in [5, 5.41) is 8.52. The third kappa shape index (κ3) is 2.89. The Morgan fingerprint density at radius 2 is 2.07 bits per heavy atom. The van der Waals surface area contributed by atoms with Crippen LogP contribution >= 0.6 is 0 Å². The van der Waals surface area contributed by atoms with Crippen molar-refractivity contribution in [1.29, 1.82) is 0 Å². The van der Waals surface area contributed by atoms with E-state index in [4.69, 9.17) is 23.8 Å². The minimum absolute atomic E-state index is 0.0843. The van der Waals surface area contributed by atoms with Gasteiger partial charge in [0.1, 0.15) is 0 Å². The Kier molecular flexibility index (Phi) is 4.22. The van der Waals surface area contributed by atoms with Gasteiger partial charge in [0.05, 0.1) is 0 Å². The molecule has 0 aliphatic rings. The van der Waals surface area contributed by atoms with Crippen LogP contribution in [0.25, 0.3) is 0 Å². The Bertz CT molecular complexity index is 305. The van der Waals surface area contributed by atoms with Gasteiger partial charge in [0, 0.05) is 0 Å². The molecule has 0 saturated heterocycles. The Morgan fingerprint density at radius 1 is 1.36 bits per heavy atom. The zero-order chi connectivity index (χ0) is 10.6. The van der Waals surface area contributed by atoms with Crippen molar-refractivity contribution in [2.24, 2.45) is 0 Å². The third-order valence-electron chi connectivity index (χ3n) is 1.57. The molecule has 0 aliphatic carbocycles. The molecule has 1 aromatic rings. The zero-order valence-electron chi connectivity index (χ0n) is 7.42. The van der Waals surface area contributed by atoms with Crippen molar-refractivity contribution in [3.8, 4) is 5.75 Å². The zero-order valence-corrected chi connectivity index (χ0v) is 9.30. The first kappa shape index (κ1) is 11.3. The number of rotatable bonds is 4. The first-order valence-corrected chi connectivity index (χ1v) is 6.58. The van der Waals surface area contributed by atoms with Crippen molar-refractivity contribution in [2.75, 3.05) is 18.9 Å². The number of aliphatic hydroxyl groups is 1. The fourth-order valence-electron chi connectivity index (χ4n) is 0.947. The summed E-state index contributed by atoms with van der Waals surface area (Å²) < 4.78 is 23.5. The fraction of sp³-hybridized carbons (Fsp3) is 0.250. The fourth-order valence-corrected chi connectivity index (χ4v) is 1.92. The van der Waals surface area contributed by atoms with Crippen molar-refractivity contribution < 1.29 is 18.0 Å². The Labute approximate surface area is 86.7 Å². The summed E-state index contributed by atoms with van der Waals surface area (Å²) in [4.78, 5) is 0. The number of hydrogen-bond acceptors (Lipinski definition) is 5. The number of hydrogen-bond donors (Lipinski definition) is 4. The van der Waals surface area contributed by atoms with Crippen LogP contribution in [0.3, 0.4) is 0 Å². The van der Waals surface area contributed by atoms with Gasteiger partial charge in [0.25, 0.3) is 0 Å². The van der Waals surface area contributed by atoms with E-state index in [1.165, 1.54) is 6.07 Å². The standard InChI is InChI=1S/C8H12AsNO4/c10-7-5-6(9(12)13)1-2-8(7)14-4-3-11/h1-2,5,11-13H,3-4,10H2. The Morgan fingerprint density at radius 3 is 2.57 bits per heavy atom. The molecule has 0 atom stereocenters. The second-order valence-electron chi connectivity index (χ2n) is 2.58. The molecule has 0 saturated carbocycles. The predicted octanol–water partition coefficient (Wildman–Crippen LogP) is -1.68. The molecule has 5 nitrogen and oxygen atoms in total. The molecule has 5 N–H and O–H groups in total. The van der Waals surface area contributed by atoms with E-state index < -0.39 is 15.3 Å². The topological polar surface area (TPSA) is 95.9 Å². The van der Waals surface area contributed by atoms with Gasteiger partial charge in [-0.15, -0.1) is 0 Å². The van der Waals surface area contributed by atoms with E-state index in [0.717, 1.165) is 0 Å². The molecule has 0 unspecified atom stereocenters. The van der Waals surface area contributed by atoms with Gasteiger partial charge in [0.15, 0.2) is 0 Å². The SMILES string of the molecule is Nc1cc([As](O)O)ccc1OCCO. The van der Waals surface area contributed by atoms with Crippen molar-refractivity contribution >= 4 is 25.4 Å². The first-order chi connectivity index (χ1) is 6.65. The van der Waals surface area contributed by atoms with Crippen LogP contribution < -0.4 is 14.8 Å². The van der Waals surface area contributed by atoms with Gasteiger partial charge >= 0.3 is 86.3 Å². The third-order valence-corrected chi connectivity index (χ3v) is 3.13. The molecule has 1 rings (SSSR count). The van der Waals surface area contributed by atoms with E-state index in [-0.39, 0.29) is 13.2 Å². The van der Waals surface area contributed by atoms with Crippen molar-refractivity contribution in [1.82, 2.24) is 0 Å². The summed E-state index contributed by atoms with van der Waals surface area (Å²) in [6, 6.07) is 4.60. The van der Waals surface area contributed by atoms with Crippen molar-refractivity contribution in [3.63, 3.8) is 0 Å². The van der Waals surface area contributed by atoms with Gasteiger partial charge < -0.3 is 0 Å². The molecule has 1 aromatic carbocycles. The van der Waals surface area contributed by atoms with Crippen LogP contribution in [0.1, 0.15) is 0 Å². The molecule has 0 spiro atoms. The van der Waals surface area contributed by atoms with Crippen LogP contribution in [0.4, 0.5) is 5.69 Å². The van der Waals surface area contributed by atoms with E-state index in [1.807, 2.05) is 0 Å². The predicted molar refractivity (Wildman–Crippen MR) is 53.3 cm³/mol. The second kappa shape index (κ2) is 5.22. The summed E-state index contributed by atoms with van der Waals surface area (Å²) >= 11 is -2.85. The van der Waals surface area contributed by atoms with Gasteiger partial charge in [0.2, 0.25) is 0 Å². The number of benzene rings is 1. The number of ether oxygens (including phenoxy) is 1. The molecule has 14 heavy (non-hydrogen) atoms. The molecule has 0 aromatic heterocycles. The Balaban J connectivity index is 2.79. The van der Waals surface area contributed by atoms with Gasteiger partial charge in [-0.3, -0.25) is 0 Å². The van der Waals surface area contributed by atoms with E-state index in [9.17, 15) is 0 Å². The van der Waals surface area contributed by atoms with Crippen LogP contribution in [0.15, 0.2) is 18.2 Å². The summed E-state index contributed by atoms with van der Waals surface area (Å²) in [6.07, 6.45) is 0. The van der Waals surface area contributed by atoms with Crippen LogP contribution in [0.5, 0.6) is 5.75 Å². The molecule has 0 heterocycles. The average molecular weight is 261 g/mol. The van der Waals surface area contributed by atoms with Gasteiger partial charge in [-0.2, -0.15) is 0 Å². The van der Waals surface area contributed by atoms with Crippen molar-refractivity contribution in [3.05, 3.63) is 18.2 Å². The van der Waals surface area contributed by atoms with Gasteiger partial charge in [-0.1, -0.05) is 0 Å². The molecular weight excluding hydrogens is 249 g/mol. The number of aliphatic hydroxyl groups excluding tert-OH is 1. The molecule has 0 aliphatic heterocycles. The molecular formula is C8H12AsNO4. The number of nitrogen functional groups attached to an aromatic ring is 1. The monoisotopic (exact) mass is 261 g/mol. The average Bonchev–Trinajstić information content (AvgIpc) is 2.15. The van der Waals surface area contributed by atoms with E-state index in [0.29, 0.717) is 15.8 Å². The quantitative estimate of drug-likeness (QED) is 0.383. The Hall–Kier alpha value is -0.742. The van der Waals surface area contributed by atoms with Crippen LogP contribution in [-0.4, -0.2) is 41.8 Å². The minimum atomic E-state index is -2.85. The van der Waals surface area contributed by atoms with E-state index in [2.05, 4.69) is 0 Å². The van der Waals surface area contributed by atoms with E-state index in [1.54, 1.807) is 12.1 Å². The normalized spacial score (nSPS) is 10.6. The molecule has 0 bridgehead atoms. The summed E-state index contributed by atoms with van der Waals surface area (Å²) in [5.74, 6) is 0.443.